The molecule has 0 radical (unpaired) electrons. The molecular formula is C17H29NO2. The van der Waals surface area contributed by atoms with E-state index in [1.807, 2.05) is 6.20 Å². The second-order valence-corrected chi connectivity index (χ2v) is 5.66. The highest BCUT2D eigenvalue weighted by atomic mass is 16.4. The van der Waals surface area contributed by atoms with Gasteiger partial charge in [-0.05, 0) is 24.5 Å². The molecule has 114 valence electrons. The molecule has 0 saturated carbocycles. The molecule has 0 aliphatic heterocycles. The van der Waals surface area contributed by atoms with Crippen molar-refractivity contribution in [1.29, 1.82) is 0 Å². The highest BCUT2D eigenvalue weighted by Gasteiger charge is 2.05. The van der Waals surface area contributed by atoms with Gasteiger partial charge in [0.15, 0.2) is 0 Å². The number of carboxylic acids is 1. The summed E-state index contributed by atoms with van der Waals surface area (Å²) in [6, 6.07) is 1.75. The SMILES string of the molecule is CCCCCCCCCCCCc1c[nH]c(C(=O)O)c1. The van der Waals surface area contributed by atoms with E-state index in [9.17, 15) is 4.79 Å². The second-order valence-electron chi connectivity index (χ2n) is 5.66. The molecule has 0 aliphatic carbocycles. The lowest BCUT2D eigenvalue weighted by atomic mass is 10.0. The molecule has 3 nitrogen and oxygen atoms in total. The third-order valence-electron chi connectivity index (χ3n) is 3.79. The number of hydrogen-bond donors (Lipinski definition) is 2. The zero-order valence-corrected chi connectivity index (χ0v) is 12.8. The Morgan fingerprint density at radius 3 is 2.05 bits per heavy atom. The molecule has 1 aromatic heterocycles. The van der Waals surface area contributed by atoms with Crippen LogP contribution in [0.1, 0.15) is 87.2 Å². The van der Waals surface area contributed by atoms with Gasteiger partial charge in [0.25, 0.3) is 0 Å². The average Bonchev–Trinajstić information content (AvgIpc) is 2.90. The van der Waals surface area contributed by atoms with E-state index >= 15 is 0 Å². The summed E-state index contributed by atoms with van der Waals surface area (Å²) in [7, 11) is 0. The summed E-state index contributed by atoms with van der Waals surface area (Å²) in [5.41, 5.74) is 1.41. The van der Waals surface area contributed by atoms with Crippen molar-refractivity contribution in [3.05, 3.63) is 23.5 Å². The van der Waals surface area contributed by atoms with Crippen LogP contribution in [-0.4, -0.2) is 16.1 Å². The minimum atomic E-state index is -0.876. The highest BCUT2D eigenvalue weighted by Crippen LogP contribution is 2.13. The lowest BCUT2D eigenvalue weighted by molar-refractivity contribution is 0.0691. The number of hydrogen-bond acceptors (Lipinski definition) is 1. The fourth-order valence-electron chi connectivity index (χ4n) is 2.52. The molecule has 0 aromatic carbocycles. The Labute approximate surface area is 122 Å². The van der Waals surface area contributed by atoms with Crippen LogP contribution in [-0.2, 0) is 6.42 Å². The van der Waals surface area contributed by atoms with Crippen LogP contribution in [0.3, 0.4) is 0 Å². The van der Waals surface area contributed by atoms with Gasteiger partial charge in [0, 0.05) is 6.20 Å². The van der Waals surface area contributed by atoms with Crippen LogP contribution >= 0.6 is 0 Å². The van der Waals surface area contributed by atoms with E-state index in [0.717, 1.165) is 18.4 Å². The fourth-order valence-corrected chi connectivity index (χ4v) is 2.52. The van der Waals surface area contributed by atoms with Gasteiger partial charge in [-0.25, -0.2) is 4.79 Å². The zero-order chi connectivity index (χ0) is 14.6. The molecule has 0 unspecified atom stereocenters. The summed E-state index contributed by atoms with van der Waals surface area (Å²) in [5.74, 6) is -0.876. The third kappa shape index (κ3) is 7.37. The maximum atomic E-state index is 10.7. The van der Waals surface area contributed by atoms with Gasteiger partial charge in [0.05, 0.1) is 0 Å². The molecule has 0 spiro atoms. The molecule has 0 amide bonds. The minimum absolute atomic E-state index is 0.298. The lowest BCUT2D eigenvalue weighted by Crippen LogP contribution is -1.94. The number of aromatic amines is 1. The van der Waals surface area contributed by atoms with Gasteiger partial charge in [-0.3, -0.25) is 0 Å². The maximum Gasteiger partial charge on any atom is 0.352 e. The van der Waals surface area contributed by atoms with Gasteiger partial charge in [-0.2, -0.15) is 0 Å². The normalized spacial score (nSPS) is 10.8. The number of rotatable bonds is 12. The van der Waals surface area contributed by atoms with Crippen LogP contribution in [0.4, 0.5) is 0 Å². The van der Waals surface area contributed by atoms with Gasteiger partial charge in [-0.1, -0.05) is 64.7 Å². The summed E-state index contributed by atoms with van der Waals surface area (Å²) >= 11 is 0. The Bertz CT molecular complexity index is 371. The largest absolute Gasteiger partial charge is 0.477 e. The zero-order valence-electron chi connectivity index (χ0n) is 12.8. The molecule has 20 heavy (non-hydrogen) atoms. The molecule has 0 fully saturated rings. The first-order valence-electron chi connectivity index (χ1n) is 8.14. The van der Waals surface area contributed by atoms with Crippen LogP contribution in [0.5, 0.6) is 0 Å². The number of aromatic carboxylic acids is 1. The molecular weight excluding hydrogens is 250 g/mol. The van der Waals surface area contributed by atoms with Crippen molar-refractivity contribution in [2.45, 2.75) is 77.6 Å². The van der Waals surface area contributed by atoms with E-state index in [4.69, 9.17) is 5.11 Å². The predicted molar refractivity (Wildman–Crippen MR) is 83.3 cm³/mol. The Hall–Kier alpha value is -1.25. The van der Waals surface area contributed by atoms with E-state index < -0.39 is 5.97 Å². The van der Waals surface area contributed by atoms with Crippen molar-refractivity contribution >= 4 is 5.97 Å². The monoisotopic (exact) mass is 279 g/mol. The average molecular weight is 279 g/mol. The highest BCUT2D eigenvalue weighted by molar-refractivity contribution is 5.85. The first kappa shape index (κ1) is 16.8. The smallest absolute Gasteiger partial charge is 0.352 e. The van der Waals surface area contributed by atoms with E-state index in [1.165, 1.54) is 57.8 Å². The van der Waals surface area contributed by atoms with Crippen LogP contribution in [0.15, 0.2) is 12.3 Å². The van der Waals surface area contributed by atoms with Crippen LogP contribution in [0, 0.1) is 0 Å². The third-order valence-corrected chi connectivity index (χ3v) is 3.79. The van der Waals surface area contributed by atoms with E-state index in [-0.39, 0.29) is 0 Å². The summed E-state index contributed by atoms with van der Waals surface area (Å²) in [5, 5.41) is 8.81. The van der Waals surface area contributed by atoms with Gasteiger partial charge in [-0.15, -0.1) is 0 Å². The molecule has 1 rings (SSSR count). The Morgan fingerprint density at radius 1 is 1.00 bits per heavy atom. The Balaban J connectivity index is 1.93. The number of aryl methyl sites for hydroxylation is 1. The number of carbonyl (C=O) groups is 1. The quantitative estimate of drug-likeness (QED) is 0.518. The number of nitrogens with one attached hydrogen (secondary N) is 1. The van der Waals surface area contributed by atoms with Crippen molar-refractivity contribution in [3.8, 4) is 0 Å². The Kier molecular flexibility index (Phi) is 8.84. The molecule has 0 bridgehead atoms. The molecule has 0 aliphatic rings. The molecule has 2 N–H and O–H groups in total. The van der Waals surface area contributed by atoms with E-state index in [1.54, 1.807) is 6.07 Å². The van der Waals surface area contributed by atoms with Crippen molar-refractivity contribution in [3.63, 3.8) is 0 Å². The predicted octanol–water partition coefficient (Wildman–Crippen LogP) is 5.18. The van der Waals surface area contributed by atoms with Gasteiger partial charge in [0.2, 0.25) is 0 Å². The van der Waals surface area contributed by atoms with Crippen molar-refractivity contribution in [2.75, 3.05) is 0 Å². The minimum Gasteiger partial charge on any atom is -0.477 e. The molecule has 3 heteroatoms. The summed E-state index contributed by atoms with van der Waals surface area (Å²) in [6.07, 6.45) is 16.1. The standard InChI is InChI=1S/C17H29NO2/c1-2-3-4-5-6-7-8-9-10-11-12-15-13-16(17(19)20)18-14-15/h13-14,18H,2-12H2,1H3,(H,19,20). The first-order valence-corrected chi connectivity index (χ1v) is 8.14. The van der Waals surface area contributed by atoms with Crippen molar-refractivity contribution in [2.24, 2.45) is 0 Å². The van der Waals surface area contributed by atoms with Crippen LogP contribution in [0.2, 0.25) is 0 Å². The fraction of sp³-hybridized carbons (Fsp3) is 0.706. The molecule has 0 saturated heterocycles. The maximum absolute atomic E-state index is 10.7. The number of H-pyrrole nitrogens is 1. The van der Waals surface area contributed by atoms with Gasteiger partial charge >= 0.3 is 5.97 Å². The number of carboxylic acid groups (broad SMARTS) is 1. The van der Waals surface area contributed by atoms with E-state index in [2.05, 4.69) is 11.9 Å². The second kappa shape index (κ2) is 10.5. The first-order chi connectivity index (χ1) is 9.74. The number of aromatic nitrogens is 1. The molecule has 1 heterocycles. The van der Waals surface area contributed by atoms with Crippen molar-refractivity contribution in [1.82, 2.24) is 4.98 Å². The Morgan fingerprint density at radius 2 is 1.55 bits per heavy atom. The van der Waals surface area contributed by atoms with Crippen LogP contribution < -0.4 is 0 Å². The summed E-state index contributed by atoms with van der Waals surface area (Å²) < 4.78 is 0. The topological polar surface area (TPSA) is 53.1 Å². The van der Waals surface area contributed by atoms with Gasteiger partial charge < -0.3 is 10.1 Å². The van der Waals surface area contributed by atoms with Crippen LogP contribution in [0.25, 0.3) is 0 Å². The van der Waals surface area contributed by atoms with Gasteiger partial charge in [0.1, 0.15) is 5.69 Å². The number of unbranched alkanes of at least 4 members (excludes halogenated alkanes) is 9. The van der Waals surface area contributed by atoms with E-state index in [0.29, 0.717) is 5.69 Å². The summed E-state index contributed by atoms with van der Waals surface area (Å²) in [6.45, 7) is 2.25. The van der Waals surface area contributed by atoms with Crippen molar-refractivity contribution < 1.29 is 9.90 Å². The summed E-state index contributed by atoms with van der Waals surface area (Å²) in [4.78, 5) is 13.5. The lowest BCUT2D eigenvalue weighted by Gasteiger charge is -2.01. The molecule has 0 atom stereocenters. The molecule has 1 aromatic rings.